The number of primary amides is 1. The van der Waals surface area contributed by atoms with Crippen molar-refractivity contribution in [3.63, 3.8) is 0 Å². The Kier molecular flexibility index (Phi) is 4.58. The largest absolute Gasteiger partial charge is 0.354 e. The van der Waals surface area contributed by atoms with E-state index >= 15 is 0 Å². The van der Waals surface area contributed by atoms with Crippen molar-refractivity contribution in [3.05, 3.63) is 58.5 Å². The molecule has 1 aromatic carbocycles. The second kappa shape index (κ2) is 7.04. The van der Waals surface area contributed by atoms with Crippen LogP contribution in [0.5, 0.6) is 0 Å². The minimum atomic E-state index is -0.782. The summed E-state index contributed by atoms with van der Waals surface area (Å²) < 4.78 is 0.921. The van der Waals surface area contributed by atoms with Crippen LogP contribution in [0.3, 0.4) is 0 Å². The topological polar surface area (TPSA) is 84.1 Å². The van der Waals surface area contributed by atoms with Gasteiger partial charge in [-0.3, -0.25) is 9.69 Å². The van der Waals surface area contributed by atoms with Gasteiger partial charge in [0, 0.05) is 29.7 Å². The SMILES string of the molecule is C[C@@H]1CCCCN1Cc1ccc2[nH]c(-c3cccn(C(N)=O)c3=O)cc2c1. The number of rotatable bonds is 3. The Bertz CT molecular complexity index is 1050. The van der Waals surface area contributed by atoms with Crippen LogP contribution in [-0.2, 0) is 6.54 Å². The molecule has 0 radical (unpaired) electrons. The van der Waals surface area contributed by atoms with Crippen molar-refractivity contribution >= 4 is 16.9 Å². The molecule has 1 atom stereocenters. The Morgan fingerprint density at radius 3 is 2.89 bits per heavy atom. The average molecular weight is 364 g/mol. The number of carbonyl (C=O) groups is 1. The maximum absolute atomic E-state index is 12.5. The fourth-order valence-electron chi connectivity index (χ4n) is 3.93. The van der Waals surface area contributed by atoms with Crippen molar-refractivity contribution in [1.29, 1.82) is 0 Å². The molecule has 6 heteroatoms. The first-order chi connectivity index (χ1) is 13.0. The highest BCUT2D eigenvalue weighted by Crippen LogP contribution is 2.25. The number of likely N-dealkylation sites (tertiary alicyclic amines) is 1. The van der Waals surface area contributed by atoms with Crippen LogP contribution < -0.4 is 11.3 Å². The molecule has 0 unspecified atom stereocenters. The first kappa shape index (κ1) is 17.5. The van der Waals surface area contributed by atoms with E-state index in [2.05, 4.69) is 35.0 Å². The molecule has 3 heterocycles. The van der Waals surface area contributed by atoms with E-state index in [1.165, 1.54) is 31.0 Å². The van der Waals surface area contributed by atoms with Crippen LogP contribution >= 0.6 is 0 Å². The summed E-state index contributed by atoms with van der Waals surface area (Å²) in [6.45, 7) is 4.39. The molecular formula is C21H24N4O2. The molecule has 0 spiro atoms. The van der Waals surface area contributed by atoms with Crippen LogP contribution in [-0.4, -0.2) is 33.1 Å². The van der Waals surface area contributed by atoms with Crippen molar-refractivity contribution in [2.24, 2.45) is 5.73 Å². The lowest BCUT2D eigenvalue weighted by Crippen LogP contribution is -2.36. The van der Waals surface area contributed by atoms with Gasteiger partial charge in [0.1, 0.15) is 0 Å². The predicted molar refractivity (Wildman–Crippen MR) is 107 cm³/mol. The van der Waals surface area contributed by atoms with Gasteiger partial charge < -0.3 is 10.7 Å². The fourth-order valence-corrected chi connectivity index (χ4v) is 3.93. The van der Waals surface area contributed by atoms with Gasteiger partial charge in [0.2, 0.25) is 0 Å². The fraction of sp³-hybridized carbons (Fsp3) is 0.333. The van der Waals surface area contributed by atoms with Crippen LogP contribution in [0.4, 0.5) is 4.79 Å². The van der Waals surface area contributed by atoms with Crippen molar-refractivity contribution < 1.29 is 4.79 Å². The molecule has 6 nitrogen and oxygen atoms in total. The van der Waals surface area contributed by atoms with Gasteiger partial charge in [-0.15, -0.1) is 0 Å². The van der Waals surface area contributed by atoms with Gasteiger partial charge >= 0.3 is 6.03 Å². The van der Waals surface area contributed by atoms with E-state index in [0.717, 1.165) is 28.6 Å². The molecule has 4 rings (SSSR count). The third-order valence-electron chi connectivity index (χ3n) is 5.49. The molecular weight excluding hydrogens is 340 g/mol. The number of H-pyrrole nitrogens is 1. The molecule has 1 saturated heterocycles. The van der Waals surface area contributed by atoms with Crippen LogP contribution in [0.25, 0.3) is 22.2 Å². The number of fused-ring (bicyclic) bond motifs is 1. The molecule has 0 saturated carbocycles. The van der Waals surface area contributed by atoms with Gasteiger partial charge in [-0.2, -0.15) is 0 Å². The van der Waals surface area contributed by atoms with Gasteiger partial charge in [0.25, 0.3) is 5.56 Å². The molecule has 140 valence electrons. The molecule has 0 aliphatic carbocycles. The Balaban J connectivity index is 1.66. The summed E-state index contributed by atoms with van der Waals surface area (Å²) in [5, 5.41) is 1.06. The zero-order valence-corrected chi connectivity index (χ0v) is 15.4. The first-order valence-corrected chi connectivity index (χ1v) is 9.40. The highest BCUT2D eigenvalue weighted by molar-refractivity contribution is 5.86. The monoisotopic (exact) mass is 364 g/mol. The Hall–Kier alpha value is -2.86. The molecule has 1 aliphatic rings. The summed E-state index contributed by atoms with van der Waals surface area (Å²) in [6.07, 6.45) is 5.23. The summed E-state index contributed by atoms with van der Waals surface area (Å²) in [5.74, 6) is 0. The maximum atomic E-state index is 12.5. The van der Waals surface area contributed by atoms with Crippen LogP contribution in [0.1, 0.15) is 31.7 Å². The molecule has 1 fully saturated rings. The summed E-state index contributed by atoms with van der Waals surface area (Å²) >= 11 is 0. The number of amides is 1. The number of carbonyl (C=O) groups excluding carboxylic acids is 1. The summed E-state index contributed by atoms with van der Waals surface area (Å²) in [5.41, 5.74) is 8.20. The normalized spacial score (nSPS) is 18.0. The predicted octanol–water partition coefficient (Wildman–Crippen LogP) is 3.30. The number of hydrogen-bond acceptors (Lipinski definition) is 3. The molecule has 0 bridgehead atoms. The number of aromatic amines is 1. The van der Waals surface area contributed by atoms with E-state index in [0.29, 0.717) is 17.3 Å². The molecule has 27 heavy (non-hydrogen) atoms. The lowest BCUT2D eigenvalue weighted by Gasteiger charge is -2.33. The lowest BCUT2D eigenvalue weighted by atomic mass is 10.0. The number of hydrogen-bond donors (Lipinski definition) is 2. The minimum absolute atomic E-state index is 0.418. The van der Waals surface area contributed by atoms with Gasteiger partial charge in [-0.25, -0.2) is 9.36 Å². The van der Waals surface area contributed by atoms with E-state index in [-0.39, 0.29) is 0 Å². The number of pyridine rings is 1. The number of benzene rings is 1. The van der Waals surface area contributed by atoms with E-state index < -0.39 is 11.6 Å². The standard InChI is InChI=1S/C21H24N4O2/c1-14-5-2-3-9-24(14)13-15-7-8-18-16(11-15)12-19(23-18)17-6-4-10-25(20(17)26)21(22)27/h4,6-8,10-12,14,23H,2-3,5,9,13H2,1H3,(H2,22,27)/t14-/m1/s1. The van der Waals surface area contributed by atoms with Crippen molar-refractivity contribution in [2.75, 3.05) is 6.54 Å². The maximum Gasteiger partial charge on any atom is 0.325 e. The van der Waals surface area contributed by atoms with E-state index in [4.69, 9.17) is 5.73 Å². The third-order valence-corrected chi connectivity index (χ3v) is 5.49. The average Bonchev–Trinajstić information content (AvgIpc) is 3.06. The molecule has 1 amide bonds. The van der Waals surface area contributed by atoms with E-state index in [1.54, 1.807) is 12.1 Å². The zero-order valence-electron chi connectivity index (χ0n) is 15.4. The van der Waals surface area contributed by atoms with Crippen molar-refractivity contribution in [3.8, 4) is 11.3 Å². The van der Waals surface area contributed by atoms with Gasteiger partial charge in [-0.1, -0.05) is 12.5 Å². The number of nitrogens with one attached hydrogen (secondary N) is 1. The Morgan fingerprint density at radius 1 is 1.26 bits per heavy atom. The molecule has 1 aliphatic heterocycles. The molecule has 2 aromatic heterocycles. The van der Waals surface area contributed by atoms with Gasteiger partial charge in [0.05, 0.1) is 11.3 Å². The summed E-state index contributed by atoms with van der Waals surface area (Å²) in [4.78, 5) is 29.7. The summed E-state index contributed by atoms with van der Waals surface area (Å²) in [7, 11) is 0. The highest BCUT2D eigenvalue weighted by atomic mass is 16.2. The first-order valence-electron chi connectivity index (χ1n) is 9.40. The van der Waals surface area contributed by atoms with Gasteiger partial charge in [-0.05, 0) is 62.2 Å². The highest BCUT2D eigenvalue weighted by Gasteiger charge is 2.18. The Morgan fingerprint density at radius 2 is 2.11 bits per heavy atom. The number of nitrogens with zero attached hydrogens (tertiary/aromatic N) is 2. The second-order valence-corrected chi connectivity index (χ2v) is 7.36. The number of piperidine rings is 1. The van der Waals surface area contributed by atoms with Crippen molar-refractivity contribution in [2.45, 2.75) is 38.8 Å². The Labute approximate surface area is 157 Å². The minimum Gasteiger partial charge on any atom is -0.354 e. The summed E-state index contributed by atoms with van der Waals surface area (Å²) in [6, 6.07) is 11.5. The second-order valence-electron chi connectivity index (χ2n) is 7.36. The van der Waals surface area contributed by atoms with Crippen LogP contribution in [0, 0.1) is 0 Å². The van der Waals surface area contributed by atoms with E-state index in [1.807, 2.05) is 6.07 Å². The zero-order chi connectivity index (χ0) is 19.0. The molecule has 3 N–H and O–H groups in total. The smallest absolute Gasteiger partial charge is 0.325 e. The third kappa shape index (κ3) is 3.40. The van der Waals surface area contributed by atoms with Crippen LogP contribution in [0.2, 0.25) is 0 Å². The van der Waals surface area contributed by atoms with E-state index in [9.17, 15) is 9.59 Å². The number of aromatic nitrogens is 2. The van der Waals surface area contributed by atoms with Crippen LogP contribution in [0.15, 0.2) is 47.4 Å². The van der Waals surface area contributed by atoms with Crippen molar-refractivity contribution in [1.82, 2.24) is 14.5 Å². The number of nitrogens with two attached hydrogens (primary N) is 1. The quantitative estimate of drug-likeness (QED) is 0.748. The van der Waals surface area contributed by atoms with Gasteiger partial charge in [0.15, 0.2) is 0 Å². The molecule has 3 aromatic rings. The lowest BCUT2D eigenvalue weighted by molar-refractivity contribution is 0.152.